The third kappa shape index (κ3) is 2.02. The number of nitrogens with two attached hydrogens (primary N) is 1. The Labute approximate surface area is 121 Å². The number of halogens is 1. The summed E-state index contributed by atoms with van der Waals surface area (Å²) < 4.78 is 1.74. The Morgan fingerprint density at radius 2 is 2.15 bits per heavy atom. The molecule has 1 aromatic carbocycles. The minimum atomic E-state index is -0.627. The van der Waals surface area contributed by atoms with Crippen LogP contribution in [-0.2, 0) is 6.42 Å². The number of hydrogen-bond donors (Lipinski definition) is 2. The molecule has 0 fully saturated rings. The molecular formula is C15H14ClN3O. The number of fused-ring (bicyclic) bond motifs is 1. The van der Waals surface area contributed by atoms with E-state index in [2.05, 4.69) is 12.1 Å². The van der Waals surface area contributed by atoms with E-state index in [1.807, 2.05) is 12.1 Å². The Bertz CT molecular complexity index is 751. The van der Waals surface area contributed by atoms with Gasteiger partial charge in [-0.05, 0) is 30.0 Å². The number of nitrogens with zero attached hydrogens (tertiary/aromatic N) is 1. The molecule has 2 aromatic rings. The Kier molecular flexibility index (Phi) is 3.10. The van der Waals surface area contributed by atoms with E-state index in [0.717, 1.165) is 12.8 Å². The summed E-state index contributed by atoms with van der Waals surface area (Å²) >= 11 is 6.06. The third-order valence-electron chi connectivity index (χ3n) is 3.76. The highest BCUT2D eigenvalue weighted by atomic mass is 35.5. The van der Waals surface area contributed by atoms with Gasteiger partial charge in [0.1, 0.15) is 5.49 Å². The van der Waals surface area contributed by atoms with Crippen molar-refractivity contribution in [3.8, 4) is 0 Å². The van der Waals surface area contributed by atoms with E-state index in [9.17, 15) is 4.79 Å². The van der Waals surface area contributed by atoms with Crippen LogP contribution in [0.1, 0.15) is 33.9 Å². The van der Waals surface area contributed by atoms with Crippen LogP contribution in [0.25, 0.3) is 0 Å². The van der Waals surface area contributed by atoms with Crippen molar-refractivity contribution >= 4 is 17.5 Å². The number of nitrogens with one attached hydrogen (secondary N) is 1. The van der Waals surface area contributed by atoms with E-state index in [-0.39, 0.29) is 17.1 Å². The molecule has 0 aliphatic heterocycles. The summed E-state index contributed by atoms with van der Waals surface area (Å²) in [6.07, 6.45) is 3.56. The van der Waals surface area contributed by atoms with Gasteiger partial charge >= 0.3 is 0 Å². The summed E-state index contributed by atoms with van der Waals surface area (Å²) in [6, 6.07) is 9.64. The predicted molar refractivity (Wildman–Crippen MR) is 76.7 cm³/mol. The van der Waals surface area contributed by atoms with E-state index >= 15 is 0 Å². The lowest BCUT2D eigenvalue weighted by atomic mass is 10.1. The highest BCUT2D eigenvalue weighted by Gasteiger charge is 2.24. The quantitative estimate of drug-likeness (QED) is 0.874. The minimum Gasteiger partial charge on any atom is -0.365 e. The SMILES string of the molecule is N=c1c(C(N)=O)cc(Cl)cn1[C@H]1CCc2ccccc21. The second-order valence-electron chi connectivity index (χ2n) is 4.95. The van der Waals surface area contributed by atoms with Gasteiger partial charge in [-0.3, -0.25) is 10.2 Å². The summed E-state index contributed by atoms with van der Waals surface area (Å²) in [4.78, 5) is 11.4. The molecule has 1 aromatic heterocycles. The van der Waals surface area contributed by atoms with Gasteiger partial charge < -0.3 is 10.3 Å². The number of hydrogen-bond acceptors (Lipinski definition) is 2. The Balaban J connectivity index is 2.17. The molecule has 1 amide bonds. The predicted octanol–water partition coefficient (Wildman–Crippen LogP) is 2.26. The number of rotatable bonds is 2. The van der Waals surface area contributed by atoms with Crippen molar-refractivity contribution in [2.45, 2.75) is 18.9 Å². The van der Waals surface area contributed by atoms with Crippen LogP contribution in [0.3, 0.4) is 0 Å². The van der Waals surface area contributed by atoms with E-state index in [0.29, 0.717) is 5.02 Å². The van der Waals surface area contributed by atoms with Gasteiger partial charge in [-0.25, -0.2) is 0 Å². The monoisotopic (exact) mass is 287 g/mol. The summed E-state index contributed by atoms with van der Waals surface area (Å²) in [7, 11) is 0. The van der Waals surface area contributed by atoms with Crippen LogP contribution in [0.2, 0.25) is 5.02 Å². The lowest BCUT2D eigenvalue weighted by Gasteiger charge is -2.18. The first-order valence-corrected chi connectivity index (χ1v) is 6.79. The van der Waals surface area contributed by atoms with Gasteiger partial charge in [-0.15, -0.1) is 0 Å². The second-order valence-corrected chi connectivity index (χ2v) is 5.38. The van der Waals surface area contributed by atoms with Crippen molar-refractivity contribution in [3.05, 3.63) is 63.7 Å². The molecule has 102 valence electrons. The first kappa shape index (κ1) is 12.9. The van der Waals surface area contributed by atoms with E-state index in [1.54, 1.807) is 10.8 Å². The fraction of sp³-hybridized carbons (Fsp3) is 0.200. The molecule has 0 bridgehead atoms. The standard InChI is InChI=1S/C15H14ClN3O/c16-10-7-12(15(18)20)14(17)19(8-10)13-6-5-9-3-1-2-4-11(9)13/h1-4,7-8,13,17H,5-6H2,(H2,18,20)/t13-/m0/s1. The fourth-order valence-corrected chi connectivity index (χ4v) is 3.05. The molecule has 5 heteroatoms. The van der Waals surface area contributed by atoms with Gasteiger partial charge in [0.05, 0.1) is 16.6 Å². The van der Waals surface area contributed by atoms with Crippen LogP contribution in [0.4, 0.5) is 0 Å². The number of amides is 1. The highest BCUT2D eigenvalue weighted by molar-refractivity contribution is 6.30. The number of aryl methyl sites for hydroxylation is 1. The third-order valence-corrected chi connectivity index (χ3v) is 3.97. The van der Waals surface area contributed by atoms with Gasteiger partial charge in [-0.1, -0.05) is 35.9 Å². The zero-order valence-corrected chi connectivity index (χ0v) is 11.5. The lowest BCUT2D eigenvalue weighted by Crippen LogP contribution is -2.31. The van der Waals surface area contributed by atoms with E-state index in [4.69, 9.17) is 22.7 Å². The summed E-state index contributed by atoms with van der Waals surface area (Å²) in [5, 5.41) is 8.60. The Morgan fingerprint density at radius 3 is 2.90 bits per heavy atom. The molecule has 1 heterocycles. The van der Waals surface area contributed by atoms with Gasteiger partial charge in [0, 0.05) is 6.20 Å². The van der Waals surface area contributed by atoms with Crippen molar-refractivity contribution in [1.82, 2.24) is 4.57 Å². The average Bonchev–Trinajstić information content (AvgIpc) is 2.84. The molecule has 20 heavy (non-hydrogen) atoms. The molecule has 3 rings (SSSR count). The van der Waals surface area contributed by atoms with Crippen LogP contribution in [0.5, 0.6) is 0 Å². The van der Waals surface area contributed by atoms with Gasteiger partial charge in [-0.2, -0.15) is 0 Å². The van der Waals surface area contributed by atoms with Crippen molar-refractivity contribution in [2.75, 3.05) is 0 Å². The number of benzene rings is 1. The van der Waals surface area contributed by atoms with Crippen molar-refractivity contribution < 1.29 is 4.79 Å². The molecule has 4 nitrogen and oxygen atoms in total. The maximum Gasteiger partial charge on any atom is 0.252 e. The zero-order chi connectivity index (χ0) is 14.3. The molecule has 1 atom stereocenters. The van der Waals surface area contributed by atoms with Crippen molar-refractivity contribution in [1.29, 1.82) is 5.41 Å². The van der Waals surface area contributed by atoms with Gasteiger partial charge in [0.15, 0.2) is 0 Å². The van der Waals surface area contributed by atoms with Crippen LogP contribution >= 0.6 is 11.6 Å². The van der Waals surface area contributed by atoms with Crippen molar-refractivity contribution in [2.24, 2.45) is 5.73 Å². The molecule has 0 spiro atoms. The van der Waals surface area contributed by atoms with Crippen LogP contribution in [0.15, 0.2) is 36.5 Å². The Morgan fingerprint density at radius 1 is 1.40 bits per heavy atom. The van der Waals surface area contributed by atoms with Crippen LogP contribution in [0, 0.1) is 5.41 Å². The normalized spacial score (nSPS) is 16.9. The van der Waals surface area contributed by atoms with E-state index in [1.165, 1.54) is 17.2 Å². The average molecular weight is 288 g/mol. The molecule has 0 saturated heterocycles. The summed E-state index contributed by atoms with van der Waals surface area (Å²) in [6.45, 7) is 0. The summed E-state index contributed by atoms with van der Waals surface area (Å²) in [5.74, 6) is -0.627. The first-order valence-electron chi connectivity index (χ1n) is 6.42. The molecule has 0 unspecified atom stereocenters. The number of pyridine rings is 1. The van der Waals surface area contributed by atoms with E-state index < -0.39 is 5.91 Å². The number of carbonyl (C=O) groups excluding carboxylic acids is 1. The van der Waals surface area contributed by atoms with Gasteiger partial charge in [0.2, 0.25) is 0 Å². The highest BCUT2D eigenvalue weighted by Crippen LogP contribution is 2.33. The van der Waals surface area contributed by atoms with Crippen molar-refractivity contribution in [3.63, 3.8) is 0 Å². The number of primary amides is 1. The molecule has 1 aliphatic rings. The molecule has 0 radical (unpaired) electrons. The lowest BCUT2D eigenvalue weighted by molar-refractivity contribution is 0.0997. The molecular weight excluding hydrogens is 274 g/mol. The van der Waals surface area contributed by atoms with Gasteiger partial charge in [0.25, 0.3) is 5.91 Å². The molecule has 1 aliphatic carbocycles. The number of carbonyl (C=O) groups is 1. The number of aromatic nitrogens is 1. The molecule has 3 N–H and O–H groups in total. The fourth-order valence-electron chi connectivity index (χ4n) is 2.84. The Hall–Kier alpha value is -2.07. The van der Waals surface area contributed by atoms with Crippen LogP contribution < -0.4 is 11.2 Å². The summed E-state index contributed by atoms with van der Waals surface area (Å²) in [5.41, 5.74) is 8.05. The second kappa shape index (κ2) is 4.80. The van der Waals surface area contributed by atoms with Crippen LogP contribution in [-0.4, -0.2) is 10.5 Å². The minimum absolute atomic E-state index is 0.0375. The first-order chi connectivity index (χ1) is 9.58. The maximum absolute atomic E-state index is 11.4. The zero-order valence-electron chi connectivity index (χ0n) is 10.8. The maximum atomic E-state index is 11.4. The topological polar surface area (TPSA) is 71.9 Å². The largest absolute Gasteiger partial charge is 0.365 e. The smallest absolute Gasteiger partial charge is 0.252 e. The molecule has 0 saturated carbocycles.